The first-order valence-electron chi connectivity index (χ1n) is 7.17. The summed E-state index contributed by atoms with van der Waals surface area (Å²) < 4.78 is 0. The van der Waals surface area contributed by atoms with Crippen LogP contribution in [-0.2, 0) is 0 Å². The van der Waals surface area contributed by atoms with Crippen LogP contribution in [0.3, 0.4) is 0 Å². The van der Waals surface area contributed by atoms with Crippen LogP contribution >= 0.6 is 12.2 Å². The fraction of sp³-hybridized carbons (Fsp3) is 0.400. The van der Waals surface area contributed by atoms with Gasteiger partial charge in [-0.3, -0.25) is 4.79 Å². The highest BCUT2D eigenvalue weighted by Gasteiger charge is 2.17. The summed E-state index contributed by atoms with van der Waals surface area (Å²) in [5, 5.41) is 4.51. The molecule has 0 aliphatic carbocycles. The van der Waals surface area contributed by atoms with E-state index >= 15 is 0 Å². The summed E-state index contributed by atoms with van der Waals surface area (Å²) in [7, 11) is 0. The molecule has 2 N–H and O–H groups in total. The van der Waals surface area contributed by atoms with Crippen LogP contribution in [0.25, 0.3) is 10.9 Å². The minimum absolute atomic E-state index is 0.138. The van der Waals surface area contributed by atoms with Gasteiger partial charge in [0.15, 0.2) is 5.11 Å². The summed E-state index contributed by atoms with van der Waals surface area (Å²) in [5.41, 5.74) is 1.37. The highest BCUT2D eigenvalue weighted by Crippen LogP contribution is 2.18. The summed E-state index contributed by atoms with van der Waals surface area (Å²) in [4.78, 5) is 20.7. The number of anilines is 1. The van der Waals surface area contributed by atoms with Crippen LogP contribution in [0.2, 0.25) is 0 Å². The molecule has 0 bridgehead atoms. The van der Waals surface area contributed by atoms with Gasteiger partial charge < -0.3 is 15.2 Å². The molecule has 2 heterocycles. The molecule has 6 heteroatoms. The number of nitrogens with one attached hydrogen (secondary N) is 2. The Morgan fingerprint density at radius 3 is 2.95 bits per heavy atom. The topological polar surface area (TPSA) is 61.0 Å². The van der Waals surface area contributed by atoms with Gasteiger partial charge >= 0.3 is 0 Å². The van der Waals surface area contributed by atoms with Gasteiger partial charge in [-0.25, -0.2) is 4.98 Å². The monoisotopic (exact) mass is 302 g/mol. The molecule has 110 valence electrons. The molecule has 0 amide bonds. The molecule has 1 fully saturated rings. The van der Waals surface area contributed by atoms with Crippen LogP contribution in [0.15, 0.2) is 29.3 Å². The lowest BCUT2D eigenvalue weighted by molar-refractivity contribution is 0.283. The molecular weight excluding hydrogens is 284 g/mol. The minimum Gasteiger partial charge on any atom is -0.349 e. The maximum Gasteiger partial charge on any atom is 0.258 e. The number of aromatic amines is 1. The first-order valence-corrected chi connectivity index (χ1v) is 7.57. The van der Waals surface area contributed by atoms with Crippen LogP contribution < -0.4 is 10.9 Å². The number of nitrogens with zero attached hydrogens (tertiary/aromatic N) is 2. The predicted octanol–water partition coefficient (Wildman–Crippen LogP) is 2.35. The number of H-pyrrole nitrogens is 1. The molecule has 2 aromatic rings. The van der Waals surface area contributed by atoms with E-state index in [1.54, 1.807) is 6.07 Å². The highest BCUT2D eigenvalue weighted by molar-refractivity contribution is 7.80. The molecule has 0 atom stereocenters. The average Bonchev–Trinajstić information content (AvgIpc) is 2.49. The van der Waals surface area contributed by atoms with E-state index in [0.717, 1.165) is 29.8 Å². The van der Waals surface area contributed by atoms with E-state index in [-0.39, 0.29) is 5.56 Å². The molecule has 1 aromatic carbocycles. The third kappa shape index (κ3) is 3.05. The van der Waals surface area contributed by atoms with E-state index in [2.05, 4.69) is 27.1 Å². The zero-order valence-electron chi connectivity index (χ0n) is 11.9. The lowest BCUT2D eigenvalue weighted by Gasteiger charge is -2.32. The maximum atomic E-state index is 11.8. The van der Waals surface area contributed by atoms with Gasteiger partial charge in [-0.15, -0.1) is 0 Å². The molecule has 5 nitrogen and oxygen atoms in total. The predicted molar refractivity (Wildman–Crippen MR) is 88.6 cm³/mol. The Morgan fingerprint density at radius 2 is 2.19 bits per heavy atom. The second-order valence-electron chi connectivity index (χ2n) is 5.56. The Balaban J connectivity index is 1.77. The van der Waals surface area contributed by atoms with Gasteiger partial charge in [-0.1, -0.05) is 6.92 Å². The number of hydrogen-bond donors (Lipinski definition) is 2. The maximum absolute atomic E-state index is 11.8. The zero-order chi connectivity index (χ0) is 14.8. The normalized spacial score (nSPS) is 16.1. The highest BCUT2D eigenvalue weighted by atomic mass is 32.1. The zero-order valence-corrected chi connectivity index (χ0v) is 12.7. The third-order valence-corrected chi connectivity index (χ3v) is 4.32. The van der Waals surface area contributed by atoms with Crippen molar-refractivity contribution in [3.05, 3.63) is 34.9 Å². The number of thiocarbonyl (C=S) groups is 1. The first-order chi connectivity index (χ1) is 10.1. The molecule has 0 spiro atoms. The van der Waals surface area contributed by atoms with Crippen molar-refractivity contribution in [2.45, 2.75) is 19.8 Å². The number of piperidine rings is 1. The van der Waals surface area contributed by atoms with Gasteiger partial charge in [0.2, 0.25) is 0 Å². The van der Waals surface area contributed by atoms with Crippen molar-refractivity contribution in [1.29, 1.82) is 0 Å². The Hall–Kier alpha value is -1.95. The first kappa shape index (κ1) is 14.0. The van der Waals surface area contributed by atoms with Gasteiger partial charge in [0.05, 0.1) is 17.2 Å². The number of fused-ring (bicyclic) bond motifs is 1. The third-order valence-electron chi connectivity index (χ3n) is 3.96. The van der Waals surface area contributed by atoms with Gasteiger partial charge in [0.25, 0.3) is 5.56 Å². The van der Waals surface area contributed by atoms with Crippen LogP contribution in [0.5, 0.6) is 0 Å². The summed E-state index contributed by atoms with van der Waals surface area (Å²) in [6.45, 7) is 4.25. The fourth-order valence-corrected chi connectivity index (χ4v) is 2.86. The molecule has 0 radical (unpaired) electrons. The summed E-state index contributed by atoms with van der Waals surface area (Å²) >= 11 is 5.46. The van der Waals surface area contributed by atoms with E-state index in [9.17, 15) is 4.79 Å². The van der Waals surface area contributed by atoms with Crippen molar-refractivity contribution in [3.8, 4) is 0 Å². The second-order valence-corrected chi connectivity index (χ2v) is 5.95. The largest absolute Gasteiger partial charge is 0.349 e. The fourth-order valence-electron chi connectivity index (χ4n) is 2.56. The van der Waals surface area contributed by atoms with Crippen molar-refractivity contribution in [3.63, 3.8) is 0 Å². The van der Waals surface area contributed by atoms with Crippen molar-refractivity contribution in [2.24, 2.45) is 5.92 Å². The molecule has 21 heavy (non-hydrogen) atoms. The van der Waals surface area contributed by atoms with Gasteiger partial charge in [0.1, 0.15) is 0 Å². The van der Waals surface area contributed by atoms with Crippen LogP contribution in [0, 0.1) is 5.92 Å². The minimum atomic E-state index is -0.138. The quantitative estimate of drug-likeness (QED) is 0.792. The van der Waals surface area contributed by atoms with Gasteiger partial charge in [-0.2, -0.15) is 0 Å². The van der Waals surface area contributed by atoms with Crippen molar-refractivity contribution in [2.75, 3.05) is 18.4 Å². The summed E-state index contributed by atoms with van der Waals surface area (Å²) in [6, 6.07) is 5.52. The number of rotatable bonds is 1. The molecule has 3 rings (SSSR count). The van der Waals surface area contributed by atoms with E-state index in [1.807, 2.05) is 12.1 Å². The molecule has 0 saturated carbocycles. The number of likely N-dealkylation sites (tertiary alicyclic amines) is 1. The second kappa shape index (κ2) is 5.81. The number of hydrogen-bond acceptors (Lipinski definition) is 3. The SMILES string of the molecule is CC1CCN(C(=S)Nc2ccc3nc[nH]c(=O)c3c2)CC1. The molecule has 1 aromatic heterocycles. The average molecular weight is 302 g/mol. The number of aromatic nitrogens is 2. The Bertz CT molecular complexity index is 719. The number of benzene rings is 1. The molecule has 1 aliphatic heterocycles. The van der Waals surface area contributed by atoms with E-state index in [1.165, 1.54) is 19.2 Å². The smallest absolute Gasteiger partial charge is 0.258 e. The lowest BCUT2D eigenvalue weighted by Crippen LogP contribution is -2.40. The Kier molecular flexibility index (Phi) is 3.88. The summed E-state index contributed by atoms with van der Waals surface area (Å²) in [5.74, 6) is 0.773. The van der Waals surface area contributed by atoms with Crippen LogP contribution in [0.4, 0.5) is 5.69 Å². The Morgan fingerprint density at radius 1 is 1.43 bits per heavy atom. The molecule has 0 unspecified atom stereocenters. The van der Waals surface area contributed by atoms with E-state index < -0.39 is 0 Å². The molecule has 1 saturated heterocycles. The van der Waals surface area contributed by atoms with Crippen molar-refractivity contribution >= 4 is 33.9 Å². The van der Waals surface area contributed by atoms with Crippen molar-refractivity contribution in [1.82, 2.24) is 14.9 Å². The van der Waals surface area contributed by atoms with Gasteiger partial charge in [0, 0.05) is 18.8 Å². The van der Waals surface area contributed by atoms with Crippen LogP contribution in [-0.4, -0.2) is 33.1 Å². The van der Waals surface area contributed by atoms with Crippen LogP contribution in [0.1, 0.15) is 19.8 Å². The summed E-state index contributed by atoms with van der Waals surface area (Å²) in [6.07, 6.45) is 3.75. The van der Waals surface area contributed by atoms with Crippen molar-refractivity contribution < 1.29 is 0 Å². The molecule has 1 aliphatic rings. The van der Waals surface area contributed by atoms with Gasteiger partial charge in [-0.05, 0) is 49.2 Å². The molecular formula is C15H18N4OS. The van der Waals surface area contributed by atoms with E-state index in [4.69, 9.17) is 12.2 Å². The van der Waals surface area contributed by atoms with E-state index in [0.29, 0.717) is 10.9 Å². The standard InChI is InChI=1S/C15H18N4OS/c1-10-4-6-19(7-5-10)15(21)18-11-2-3-13-12(8-11)14(20)17-9-16-13/h2-3,8-10H,4-7H2,1H3,(H,18,21)(H,16,17,20). The lowest BCUT2D eigenvalue weighted by atomic mass is 10.00. The Labute approximate surface area is 128 Å².